The molecule has 0 radical (unpaired) electrons. The van der Waals surface area contributed by atoms with Crippen LogP contribution in [-0.2, 0) is 0 Å². The summed E-state index contributed by atoms with van der Waals surface area (Å²) in [6, 6.07) is 19.7. The van der Waals surface area contributed by atoms with Gasteiger partial charge in [0.05, 0.1) is 17.1 Å². The zero-order chi connectivity index (χ0) is 16.8. The number of nitrogens with one attached hydrogen (secondary N) is 2. The van der Waals surface area contributed by atoms with Gasteiger partial charge in [-0.3, -0.25) is 0 Å². The minimum absolute atomic E-state index is 0.368. The third kappa shape index (κ3) is 2.71. The summed E-state index contributed by atoms with van der Waals surface area (Å²) in [5.41, 5.74) is 4.57. The third-order valence-electron chi connectivity index (χ3n) is 5.05. The molecule has 2 N–H and O–H groups in total. The van der Waals surface area contributed by atoms with Crippen LogP contribution in [0, 0.1) is 0 Å². The van der Waals surface area contributed by atoms with E-state index in [0.717, 1.165) is 34.7 Å². The lowest BCUT2D eigenvalue weighted by molar-refractivity contribution is 0.614. The lowest BCUT2D eigenvalue weighted by Crippen LogP contribution is -2.13. The highest BCUT2D eigenvalue weighted by atomic mass is 32.1. The van der Waals surface area contributed by atoms with Gasteiger partial charge in [-0.2, -0.15) is 0 Å². The maximum absolute atomic E-state index is 4.76. The van der Waals surface area contributed by atoms with Gasteiger partial charge in [-0.05, 0) is 71.6 Å². The van der Waals surface area contributed by atoms with Crippen molar-refractivity contribution >= 4 is 34.4 Å². The number of thiol groups is 1. The van der Waals surface area contributed by atoms with E-state index in [-0.39, 0.29) is 0 Å². The molecule has 5 rings (SSSR count). The summed E-state index contributed by atoms with van der Waals surface area (Å²) in [7, 11) is 0. The van der Waals surface area contributed by atoms with Crippen molar-refractivity contribution in [1.82, 2.24) is 15.3 Å². The molecule has 0 amide bonds. The van der Waals surface area contributed by atoms with E-state index in [1.165, 1.54) is 28.3 Å². The summed E-state index contributed by atoms with van der Waals surface area (Å²) in [6.07, 6.45) is 2.38. The first-order valence-electron chi connectivity index (χ1n) is 8.72. The Bertz CT molecular complexity index is 1080. The standard InChI is InChI=1S/C21H19N3S/c25-17-7-5-14-10-13(3-4-15(14)11-17)16-6-8-18-20(12-16)24-21(23-18)19-2-1-9-22-19/h3-8,10-12,19,22,25H,1-2,9H2,(H,23,24). The fourth-order valence-corrected chi connectivity index (χ4v) is 3.92. The minimum Gasteiger partial charge on any atom is -0.341 e. The second kappa shape index (κ2) is 5.90. The van der Waals surface area contributed by atoms with E-state index in [2.05, 4.69) is 71.5 Å². The highest BCUT2D eigenvalue weighted by Crippen LogP contribution is 2.29. The van der Waals surface area contributed by atoms with Crippen LogP contribution in [-0.4, -0.2) is 16.5 Å². The van der Waals surface area contributed by atoms with E-state index in [4.69, 9.17) is 4.98 Å². The Morgan fingerprint density at radius 2 is 1.72 bits per heavy atom. The average molecular weight is 345 g/mol. The quantitative estimate of drug-likeness (QED) is 0.443. The van der Waals surface area contributed by atoms with Gasteiger partial charge in [0.25, 0.3) is 0 Å². The van der Waals surface area contributed by atoms with E-state index < -0.39 is 0 Å². The summed E-state index contributed by atoms with van der Waals surface area (Å²) in [5.74, 6) is 1.06. The van der Waals surface area contributed by atoms with Gasteiger partial charge in [0.2, 0.25) is 0 Å². The minimum atomic E-state index is 0.368. The molecule has 0 saturated carbocycles. The van der Waals surface area contributed by atoms with Crippen LogP contribution in [0.1, 0.15) is 24.7 Å². The Balaban J connectivity index is 1.56. The van der Waals surface area contributed by atoms with E-state index >= 15 is 0 Å². The lowest BCUT2D eigenvalue weighted by Gasteiger charge is -2.05. The molecule has 2 heterocycles. The normalized spacial score (nSPS) is 17.6. The molecule has 1 unspecified atom stereocenters. The van der Waals surface area contributed by atoms with Gasteiger partial charge in [0.1, 0.15) is 5.82 Å². The zero-order valence-corrected chi connectivity index (χ0v) is 14.7. The van der Waals surface area contributed by atoms with Gasteiger partial charge in [-0.25, -0.2) is 4.98 Å². The molecular weight excluding hydrogens is 326 g/mol. The molecule has 25 heavy (non-hydrogen) atoms. The number of rotatable bonds is 2. The summed E-state index contributed by atoms with van der Waals surface area (Å²) in [4.78, 5) is 9.26. The summed E-state index contributed by atoms with van der Waals surface area (Å²) >= 11 is 4.42. The zero-order valence-electron chi connectivity index (χ0n) is 13.8. The van der Waals surface area contributed by atoms with Gasteiger partial charge in [-0.15, -0.1) is 12.6 Å². The molecule has 1 fully saturated rings. The highest BCUT2D eigenvalue weighted by molar-refractivity contribution is 7.80. The van der Waals surface area contributed by atoms with Crippen LogP contribution in [0.25, 0.3) is 32.9 Å². The van der Waals surface area contributed by atoms with Crippen molar-refractivity contribution < 1.29 is 0 Å². The van der Waals surface area contributed by atoms with E-state index in [9.17, 15) is 0 Å². The molecule has 0 spiro atoms. The second-order valence-electron chi connectivity index (χ2n) is 6.75. The predicted molar refractivity (Wildman–Crippen MR) is 106 cm³/mol. The summed E-state index contributed by atoms with van der Waals surface area (Å²) in [6.45, 7) is 1.08. The Kier molecular flexibility index (Phi) is 3.54. The first-order chi connectivity index (χ1) is 12.3. The molecule has 1 aromatic heterocycles. The van der Waals surface area contributed by atoms with Crippen molar-refractivity contribution in [3.8, 4) is 11.1 Å². The first-order valence-corrected chi connectivity index (χ1v) is 9.17. The van der Waals surface area contributed by atoms with Crippen molar-refractivity contribution in [3.63, 3.8) is 0 Å². The highest BCUT2D eigenvalue weighted by Gasteiger charge is 2.19. The SMILES string of the molecule is Sc1ccc2cc(-c3ccc4nc(C5CCCN5)[nH]c4c3)ccc2c1. The third-order valence-corrected chi connectivity index (χ3v) is 5.33. The van der Waals surface area contributed by atoms with Crippen LogP contribution >= 0.6 is 12.6 Å². The molecule has 1 atom stereocenters. The van der Waals surface area contributed by atoms with E-state index in [0.29, 0.717) is 6.04 Å². The van der Waals surface area contributed by atoms with Crippen molar-refractivity contribution in [1.29, 1.82) is 0 Å². The molecule has 124 valence electrons. The van der Waals surface area contributed by atoms with Crippen molar-refractivity contribution in [3.05, 3.63) is 60.4 Å². The fraction of sp³-hybridized carbons (Fsp3) is 0.190. The molecule has 0 bridgehead atoms. The van der Waals surface area contributed by atoms with Crippen molar-refractivity contribution in [2.24, 2.45) is 0 Å². The number of aromatic amines is 1. The molecular formula is C21H19N3S. The first kappa shape index (κ1) is 15.0. The molecule has 1 aliphatic rings. The van der Waals surface area contributed by atoms with Crippen LogP contribution in [0.5, 0.6) is 0 Å². The van der Waals surface area contributed by atoms with Crippen molar-refractivity contribution in [2.75, 3.05) is 6.54 Å². The maximum atomic E-state index is 4.76. The van der Waals surface area contributed by atoms with Gasteiger partial charge < -0.3 is 10.3 Å². The number of aromatic nitrogens is 2. The number of H-pyrrole nitrogens is 1. The molecule has 3 nitrogen and oxygen atoms in total. The number of hydrogen-bond donors (Lipinski definition) is 3. The number of benzene rings is 3. The molecule has 0 aliphatic carbocycles. The molecule has 1 aliphatic heterocycles. The van der Waals surface area contributed by atoms with Gasteiger partial charge in [0.15, 0.2) is 0 Å². The second-order valence-corrected chi connectivity index (χ2v) is 7.27. The van der Waals surface area contributed by atoms with Gasteiger partial charge in [0, 0.05) is 4.90 Å². The van der Waals surface area contributed by atoms with Crippen LogP contribution in [0.4, 0.5) is 0 Å². The molecule has 4 heteroatoms. The van der Waals surface area contributed by atoms with Crippen LogP contribution in [0.2, 0.25) is 0 Å². The molecule has 3 aromatic carbocycles. The monoisotopic (exact) mass is 345 g/mol. The fourth-order valence-electron chi connectivity index (χ4n) is 3.70. The topological polar surface area (TPSA) is 40.7 Å². The Labute approximate surface area is 151 Å². The Morgan fingerprint density at radius 3 is 2.60 bits per heavy atom. The van der Waals surface area contributed by atoms with Crippen LogP contribution in [0.3, 0.4) is 0 Å². The maximum Gasteiger partial charge on any atom is 0.124 e. The van der Waals surface area contributed by atoms with Gasteiger partial charge in [-0.1, -0.05) is 24.3 Å². The molecule has 4 aromatic rings. The number of nitrogens with zero attached hydrogens (tertiary/aromatic N) is 1. The number of hydrogen-bond acceptors (Lipinski definition) is 3. The Hall–Kier alpha value is -2.30. The number of imidazole rings is 1. The summed E-state index contributed by atoms with van der Waals surface area (Å²) in [5, 5.41) is 5.95. The van der Waals surface area contributed by atoms with E-state index in [1.807, 2.05) is 6.07 Å². The molecule has 1 saturated heterocycles. The van der Waals surface area contributed by atoms with Crippen LogP contribution in [0.15, 0.2) is 59.5 Å². The summed E-state index contributed by atoms with van der Waals surface area (Å²) < 4.78 is 0. The average Bonchev–Trinajstić information content (AvgIpc) is 3.29. The van der Waals surface area contributed by atoms with Crippen molar-refractivity contribution in [2.45, 2.75) is 23.8 Å². The van der Waals surface area contributed by atoms with Crippen LogP contribution < -0.4 is 5.32 Å². The Morgan fingerprint density at radius 1 is 0.920 bits per heavy atom. The van der Waals surface area contributed by atoms with Gasteiger partial charge >= 0.3 is 0 Å². The van der Waals surface area contributed by atoms with E-state index in [1.54, 1.807) is 0 Å². The largest absolute Gasteiger partial charge is 0.341 e. The smallest absolute Gasteiger partial charge is 0.124 e. The lowest BCUT2D eigenvalue weighted by atomic mass is 10.0. The number of fused-ring (bicyclic) bond motifs is 2. The predicted octanol–water partition coefficient (Wildman–Crippen LogP) is 5.10.